The van der Waals surface area contributed by atoms with Gasteiger partial charge in [0.25, 0.3) is 0 Å². The Bertz CT molecular complexity index is 256. The molecule has 2 aliphatic carbocycles. The van der Waals surface area contributed by atoms with Crippen LogP contribution in [-0.2, 0) is 4.79 Å². The first-order valence-corrected chi connectivity index (χ1v) is 6.96. The molecule has 1 amide bonds. The second-order valence-electron chi connectivity index (χ2n) is 5.59. The van der Waals surface area contributed by atoms with Gasteiger partial charge in [-0.2, -0.15) is 0 Å². The SMILES string of the molecule is NC1CCC(C(=O)N(O)C2CCCCC2)CC1. The average Bonchev–Trinajstić information content (AvgIpc) is 2.39. The summed E-state index contributed by atoms with van der Waals surface area (Å²) in [5, 5.41) is 11.1. The van der Waals surface area contributed by atoms with Gasteiger partial charge in [0.15, 0.2) is 0 Å². The van der Waals surface area contributed by atoms with Gasteiger partial charge < -0.3 is 5.73 Å². The molecule has 2 rings (SSSR count). The molecule has 0 aromatic carbocycles. The highest BCUT2D eigenvalue weighted by Gasteiger charge is 2.31. The average molecular weight is 240 g/mol. The van der Waals surface area contributed by atoms with E-state index in [1.807, 2.05) is 0 Å². The zero-order valence-corrected chi connectivity index (χ0v) is 10.5. The molecule has 0 aliphatic heterocycles. The van der Waals surface area contributed by atoms with Gasteiger partial charge in [-0.3, -0.25) is 10.0 Å². The van der Waals surface area contributed by atoms with Crippen LogP contribution in [0.1, 0.15) is 57.8 Å². The summed E-state index contributed by atoms with van der Waals surface area (Å²) in [6.45, 7) is 0. The Hall–Kier alpha value is -0.610. The van der Waals surface area contributed by atoms with Gasteiger partial charge in [-0.1, -0.05) is 19.3 Å². The molecule has 98 valence electrons. The third-order valence-electron chi connectivity index (χ3n) is 4.27. The molecule has 0 heterocycles. The number of nitrogens with two attached hydrogens (primary N) is 1. The van der Waals surface area contributed by atoms with Gasteiger partial charge in [0.2, 0.25) is 5.91 Å². The van der Waals surface area contributed by atoms with Crippen molar-refractivity contribution in [3.63, 3.8) is 0 Å². The molecule has 4 heteroatoms. The summed E-state index contributed by atoms with van der Waals surface area (Å²) in [4.78, 5) is 12.1. The second-order valence-corrected chi connectivity index (χ2v) is 5.59. The van der Waals surface area contributed by atoms with Crippen LogP contribution in [0.5, 0.6) is 0 Å². The van der Waals surface area contributed by atoms with Crippen molar-refractivity contribution in [1.29, 1.82) is 0 Å². The maximum Gasteiger partial charge on any atom is 0.249 e. The highest BCUT2D eigenvalue weighted by molar-refractivity contribution is 5.78. The summed E-state index contributed by atoms with van der Waals surface area (Å²) < 4.78 is 0. The van der Waals surface area contributed by atoms with Crippen molar-refractivity contribution >= 4 is 5.91 Å². The quantitative estimate of drug-likeness (QED) is 0.573. The van der Waals surface area contributed by atoms with Crippen molar-refractivity contribution in [3.8, 4) is 0 Å². The lowest BCUT2D eigenvalue weighted by atomic mass is 9.85. The predicted molar refractivity (Wildman–Crippen MR) is 65.4 cm³/mol. The monoisotopic (exact) mass is 240 g/mol. The largest absolute Gasteiger partial charge is 0.328 e. The molecule has 2 aliphatic rings. The highest BCUT2D eigenvalue weighted by atomic mass is 16.5. The first kappa shape index (κ1) is 12.8. The van der Waals surface area contributed by atoms with Crippen LogP contribution in [0.4, 0.5) is 0 Å². The standard InChI is InChI=1S/C13H24N2O2/c14-11-8-6-10(7-9-11)13(16)15(17)12-4-2-1-3-5-12/h10-12,17H,1-9,14H2. The number of hydroxylamine groups is 2. The Labute approximate surface area is 103 Å². The van der Waals surface area contributed by atoms with Crippen molar-refractivity contribution < 1.29 is 10.0 Å². The van der Waals surface area contributed by atoms with E-state index >= 15 is 0 Å². The van der Waals surface area contributed by atoms with Gasteiger partial charge in [0.1, 0.15) is 0 Å². The van der Waals surface area contributed by atoms with Crippen molar-refractivity contribution in [2.24, 2.45) is 11.7 Å². The number of hydrogen-bond acceptors (Lipinski definition) is 3. The molecule has 0 atom stereocenters. The number of carbonyl (C=O) groups is 1. The summed E-state index contributed by atoms with van der Waals surface area (Å²) in [5.41, 5.74) is 5.83. The van der Waals surface area contributed by atoms with Gasteiger partial charge >= 0.3 is 0 Å². The van der Waals surface area contributed by atoms with Crippen LogP contribution in [0, 0.1) is 5.92 Å². The maximum atomic E-state index is 12.1. The van der Waals surface area contributed by atoms with Crippen molar-refractivity contribution in [2.45, 2.75) is 69.9 Å². The zero-order valence-electron chi connectivity index (χ0n) is 10.5. The normalized spacial score (nSPS) is 31.2. The van der Waals surface area contributed by atoms with Crippen LogP contribution < -0.4 is 5.73 Å². The lowest BCUT2D eigenvalue weighted by Gasteiger charge is -2.33. The maximum absolute atomic E-state index is 12.1. The van der Waals surface area contributed by atoms with Crippen LogP contribution in [0.2, 0.25) is 0 Å². The molecular formula is C13H24N2O2. The number of carbonyl (C=O) groups excluding carboxylic acids is 1. The van der Waals surface area contributed by atoms with Crippen molar-refractivity contribution in [1.82, 2.24) is 5.06 Å². The van der Waals surface area contributed by atoms with Gasteiger partial charge in [-0.05, 0) is 38.5 Å². The summed E-state index contributed by atoms with van der Waals surface area (Å²) in [7, 11) is 0. The molecule has 0 radical (unpaired) electrons. The lowest BCUT2D eigenvalue weighted by Crippen LogP contribution is -2.43. The van der Waals surface area contributed by atoms with Crippen LogP contribution in [0.25, 0.3) is 0 Å². The van der Waals surface area contributed by atoms with Crippen molar-refractivity contribution in [2.75, 3.05) is 0 Å². The van der Waals surface area contributed by atoms with E-state index in [1.165, 1.54) is 6.42 Å². The van der Waals surface area contributed by atoms with Crippen LogP contribution in [-0.4, -0.2) is 28.3 Å². The third-order valence-corrected chi connectivity index (χ3v) is 4.27. The molecule has 4 nitrogen and oxygen atoms in total. The lowest BCUT2D eigenvalue weighted by molar-refractivity contribution is -0.184. The van der Waals surface area contributed by atoms with Gasteiger partial charge in [0.05, 0.1) is 6.04 Å². The van der Waals surface area contributed by atoms with Crippen LogP contribution >= 0.6 is 0 Å². The summed E-state index contributed by atoms with van der Waals surface area (Å²) in [5.74, 6) is -0.0643. The minimum atomic E-state index is -0.0659. The van der Waals surface area contributed by atoms with Gasteiger partial charge in [-0.25, -0.2) is 5.06 Å². The molecule has 2 saturated carbocycles. The Kier molecular flexibility index (Phi) is 4.40. The summed E-state index contributed by atoms with van der Waals surface area (Å²) in [6, 6.07) is 0.313. The van der Waals surface area contributed by atoms with E-state index < -0.39 is 0 Å². The Balaban J connectivity index is 1.85. The summed E-state index contributed by atoms with van der Waals surface area (Å²) in [6.07, 6.45) is 8.90. The Morgan fingerprint density at radius 3 is 2.18 bits per heavy atom. The fourth-order valence-electron chi connectivity index (χ4n) is 3.06. The van der Waals surface area contributed by atoms with Gasteiger partial charge in [0, 0.05) is 12.0 Å². The molecule has 0 saturated heterocycles. The van der Waals surface area contributed by atoms with E-state index in [1.54, 1.807) is 0 Å². The van der Waals surface area contributed by atoms with E-state index in [9.17, 15) is 10.0 Å². The van der Waals surface area contributed by atoms with E-state index in [0.717, 1.165) is 56.4 Å². The molecule has 2 fully saturated rings. The topological polar surface area (TPSA) is 66.6 Å². The zero-order chi connectivity index (χ0) is 12.3. The molecule has 0 unspecified atom stereocenters. The Morgan fingerprint density at radius 1 is 1.00 bits per heavy atom. The fourth-order valence-corrected chi connectivity index (χ4v) is 3.06. The number of hydrogen-bond donors (Lipinski definition) is 2. The third kappa shape index (κ3) is 3.19. The van der Waals surface area contributed by atoms with E-state index in [-0.39, 0.29) is 23.9 Å². The van der Waals surface area contributed by atoms with Crippen LogP contribution in [0.3, 0.4) is 0 Å². The number of rotatable bonds is 2. The summed E-state index contributed by atoms with van der Waals surface area (Å²) >= 11 is 0. The van der Waals surface area contributed by atoms with Gasteiger partial charge in [-0.15, -0.1) is 0 Å². The molecule has 0 bridgehead atoms. The first-order valence-electron chi connectivity index (χ1n) is 6.96. The number of nitrogens with zero attached hydrogens (tertiary/aromatic N) is 1. The predicted octanol–water partition coefficient (Wildman–Crippen LogP) is 2.05. The fraction of sp³-hybridized carbons (Fsp3) is 0.923. The molecule has 0 aromatic heterocycles. The minimum Gasteiger partial charge on any atom is -0.328 e. The Morgan fingerprint density at radius 2 is 1.59 bits per heavy atom. The smallest absolute Gasteiger partial charge is 0.249 e. The van der Waals surface area contributed by atoms with E-state index in [2.05, 4.69) is 0 Å². The second kappa shape index (κ2) is 5.83. The number of amides is 1. The van der Waals surface area contributed by atoms with E-state index in [4.69, 9.17) is 5.73 Å². The molecule has 3 N–H and O–H groups in total. The highest BCUT2D eigenvalue weighted by Crippen LogP contribution is 2.28. The molecular weight excluding hydrogens is 216 g/mol. The van der Waals surface area contributed by atoms with E-state index in [0.29, 0.717) is 0 Å². The minimum absolute atomic E-state index is 0.00160. The molecule has 0 spiro atoms. The first-order chi connectivity index (χ1) is 8.18. The molecule has 17 heavy (non-hydrogen) atoms. The molecule has 0 aromatic rings. The van der Waals surface area contributed by atoms with Crippen molar-refractivity contribution in [3.05, 3.63) is 0 Å². The van der Waals surface area contributed by atoms with Crippen LogP contribution in [0.15, 0.2) is 0 Å².